The van der Waals surface area contributed by atoms with Gasteiger partial charge in [-0.05, 0) is 50.0 Å². The van der Waals surface area contributed by atoms with Gasteiger partial charge in [-0.1, -0.05) is 23.7 Å². The highest BCUT2D eigenvalue weighted by atomic mass is 35.5. The molecule has 5 heteroatoms. The fourth-order valence-electron chi connectivity index (χ4n) is 3.38. The van der Waals surface area contributed by atoms with Crippen molar-refractivity contribution in [3.8, 4) is 17.1 Å². The average Bonchev–Trinajstić information content (AvgIpc) is 2.57. The molecule has 3 aliphatic heterocycles. The molecule has 4 nitrogen and oxygen atoms in total. The summed E-state index contributed by atoms with van der Waals surface area (Å²) in [5.41, 5.74) is 1.78. The first-order valence-corrected chi connectivity index (χ1v) is 8.14. The fourth-order valence-corrected chi connectivity index (χ4v) is 3.57. The Balaban J connectivity index is 1.48. The van der Waals surface area contributed by atoms with Crippen molar-refractivity contribution in [2.45, 2.75) is 18.9 Å². The second kappa shape index (κ2) is 5.86. The summed E-state index contributed by atoms with van der Waals surface area (Å²) in [5.74, 6) is 1.28. The van der Waals surface area contributed by atoms with E-state index < -0.39 is 0 Å². The SMILES string of the molecule is Clc1cccc(-c2ccc(OC3CN4CCC3CC4)nn2)c1. The van der Waals surface area contributed by atoms with Crippen LogP contribution in [-0.4, -0.2) is 40.8 Å². The van der Waals surface area contributed by atoms with E-state index in [9.17, 15) is 0 Å². The van der Waals surface area contributed by atoms with Crippen molar-refractivity contribution in [2.75, 3.05) is 19.6 Å². The van der Waals surface area contributed by atoms with Gasteiger partial charge in [0.15, 0.2) is 0 Å². The van der Waals surface area contributed by atoms with Crippen molar-refractivity contribution in [3.05, 3.63) is 41.4 Å². The molecule has 3 saturated heterocycles. The number of nitrogens with zero attached hydrogens (tertiary/aromatic N) is 3. The number of rotatable bonds is 3. The molecule has 0 aliphatic carbocycles. The molecular weight excluding hydrogens is 298 g/mol. The molecule has 3 aliphatic rings. The van der Waals surface area contributed by atoms with E-state index in [-0.39, 0.29) is 6.10 Å². The first kappa shape index (κ1) is 14.0. The van der Waals surface area contributed by atoms with Gasteiger partial charge in [-0.3, -0.25) is 4.90 Å². The molecule has 1 unspecified atom stereocenters. The predicted molar refractivity (Wildman–Crippen MR) is 86.1 cm³/mol. The zero-order chi connectivity index (χ0) is 14.9. The molecule has 5 rings (SSSR count). The number of fused-ring (bicyclic) bond motifs is 3. The Hall–Kier alpha value is -1.65. The largest absolute Gasteiger partial charge is 0.472 e. The number of aromatic nitrogens is 2. The second-order valence-electron chi connectivity index (χ2n) is 6.06. The fraction of sp³-hybridized carbons (Fsp3) is 0.412. The Kier molecular flexibility index (Phi) is 3.72. The Bertz CT molecular complexity index is 653. The number of piperidine rings is 3. The van der Waals surface area contributed by atoms with E-state index in [1.807, 2.05) is 36.4 Å². The van der Waals surface area contributed by atoms with Gasteiger partial charge < -0.3 is 4.74 Å². The average molecular weight is 316 g/mol. The quantitative estimate of drug-likeness (QED) is 0.871. The molecule has 0 spiro atoms. The van der Waals surface area contributed by atoms with Crippen LogP contribution in [0.25, 0.3) is 11.3 Å². The second-order valence-corrected chi connectivity index (χ2v) is 6.50. The number of ether oxygens (including phenoxy) is 1. The smallest absolute Gasteiger partial charge is 0.233 e. The van der Waals surface area contributed by atoms with Crippen LogP contribution in [-0.2, 0) is 0 Å². The molecule has 3 fully saturated rings. The Morgan fingerprint density at radius 2 is 1.95 bits per heavy atom. The minimum atomic E-state index is 0.258. The third-order valence-electron chi connectivity index (χ3n) is 4.63. The van der Waals surface area contributed by atoms with E-state index in [1.54, 1.807) is 0 Å². The molecule has 0 saturated carbocycles. The van der Waals surface area contributed by atoms with Crippen LogP contribution in [0.2, 0.25) is 5.02 Å². The standard InChI is InChI=1S/C17H18ClN3O/c18-14-3-1-2-13(10-14)15-4-5-17(20-19-15)22-16-11-21-8-6-12(16)7-9-21/h1-5,10,12,16H,6-9,11H2. The Morgan fingerprint density at radius 1 is 1.09 bits per heavy atom. The molecule has 0 N–H and O–H groups in total. The van der Waals surface area contributed by atoms with Crippen molar-refractivity contribution in [1.82, 2.24) is 15.1 Å². The van der Waals surface area contributed by atoms with Crippen LogP contribution in [0.4, 0.5) is 0 Å². The predicted octanol–water partition coefficient (Wildman–Crippen LogP) is 3.27. The Labute approximate surface area is 135 Å². The van der Waals surface area contributed by atoms with Crippen LogP contribution in [0.1, 0.15) is 12.8 Å². The zero-order valence-corrected chi connectivity index (χ0v) is 13.0. The summed E-state index contributed by atoms with van der Waals surface area (Å²) < 4.78 is 6.06. The van der Waals surface area contributed by atoms with Crippen molar-refractivity contribution in [1.29, 1.82) is 0 Å². The molecule has 22 heavy (non-hydrogen) atoms. The lowest BCUT2D eigenvalue weighted by atomic mass is 9.86. The lowest BCUT2D eigenvalue weighted by molar-refractivity contribution is -0.0103. The summed E-state index contributed by atoms with van der Waals surface area (Å²) in [4.78, 5) is 2.47. The van der Waals surface area contributed by atoms with Crippen LogP contribution in [0.15, 0.2) is 36.4 Å². The molecule has 4 heterocycles. The maximum Gasteiger partial charge on any atom is 0.233 e. The van der Waals surface area contributed by atoms with E-state index in [0.29, 0.717) is 16.8 Å². The van der Waals surface area contributed by atoms with Crippen molar-refractivity contribution in [2.24, 2.45) is 5.92 Å². The van der Waals surface area contributed by atoms with E-state index in [4.69, 9.17) is 16.3 Å². The lowest BCUT2D eigenvalue weighted by Gasteiger charge is -2.44. The summed E-state index contributed by atoms with van der Waals surface area (Å²) in [7, 11) is 0. The molecule has 1 aromatic carbocycles. The summed E-state index contributed by atoms with van der Waals surface area (Å²) >= 11 is 6.01. The van der Waals surface area contributed by atoms with Crippen LogP contribution in [0.5, 0.6) is 5.88 Å². The first-order valence-electron chi connectivity index (χ1n) is 7.76. The molecular formula is C17H18ClN3O. The number of hydrogen-bond donors (Lipinski definition) is 0. The van der Waals surface area contributed by atoms with Crippen molar-refractivity contribution >= 4 is 11.6 Å². The van der Waals surface area contributed by atoms with Gasteiger partial charge in [-0.25, -0.2) is 0 Å². The monoisotopic (exact) mass is 315 g/mol. The Morgan fingerprint density at radius 3 is 2.59 bits per heavy atom. The maximum absolute atomic E-state index is 6.06. The molecule has 2 bridgehead atoms. The minimum Gasteiger partial charge on any atom is -0.472 e. The normalized spacial score (nSPS) is 26.9. The van der Waals surface area contributed by atoms with Crippen LogP contribution in [0.3, 0.4) is 0 Å². The molecule has 114 valence electrons. The van der Waals surface area contributed by atoms with E-state index in [0.717, 1.165) is 17.8 Å². The van der Waals surface area contributed by atoms with Gasteiger partial charge >= 0.3 is 0 Å². The van der Waals surface area contributed by atoms with E-state index in [1.165, 1.54) is 25.9 Å². The van der Waals surface area contributed by atoms with Crippen LogP contribution < -0.4 is 4.74 Å². The number of hydrogen-bond acceptors (Lipinski definition) is 4. The van der Waals surface area contributed by atoms with Crippen LogP contribution in [0, 0.1) is 5.92 Å². The van der Waals surface area contributed by atoms with E-state index in [2.05, 4.69) is 15.1 Å². The first-order chi connectivity index (χ1) is 10.8. The van der Waals surface area contributed by atoms with Gasteiger partial charge in [-0.15, -0.1) is 10.2 Å². The summed E-state index contributed by atoms with van der Waals surface area (Å²) in [6, 6.07) is 11.5. The summed E-state index contributed by atoms with van der Waals surface area (Å²) in [6.45, 7) is 3.44. The van der Waals surface area contributed by atoms with Gasteiger partial charge in [0.25, 0.3) is 0 Å². The van der Waals surface area contributed by atoms with Gasteiger partial charge in [-0.2, -0.15) is 0 Å². The third-order valence-corrected chi connectivity index (χ3v) is 4.86. The highest BCUT2D eigenvalue weighted by molar-refractivity contribution is 6.30. The molecule has 1 atom stereocenters. The summed E-state index contributed by atoms with van der Waals surface area (Å²) in [6.07, 6.45) is 2.73. The number of benzene rings is 1. The molecule has 2 aromatic rings. The van der Waals surface area contributed by atoms with Gasteiger partial charge in [0.05, 0.1) is 5.69 Å². The molecule has 0 radical (unpaired) electrons. The number of halogens is 1. The van der Waals surface area contributed by atoms with Gasteiger partial charge in [0.1, 0.15) is 6.10 Å². The topological polar surface area (TPSA) is 38.2 Å². The maximum atomic E-state index is 6.06. The lowest BCUT2D eigenvalue weighted by Crippen LogP contribution is -2.52. The highest BCUT2D eigenvalue weighted by Crippen LogP contribution is 2.30. The summed E-state index contributed by atoms with van der Waals surface area (Å²) in [5, 5.41) is 9.20. The zero-order valence-electron chi connectivity index (χ0n) is 12.3. The van der Waals surface area contributed by atoms with Gasteiger partial charge in [0, 0.05) is 23.2 Å². The molecule has 1 aromatic heterocycles. The van der Waals surface area contributed by atoms with Crippen LogP contribution >= 0.6 is 11.6 Å². The van der Waals surface area contributed by atoms with Crippen molar-refractivity contribution in [3.63, 3.8) is 0 Å². The third kappa shape index (κ3) is 2.81. The highest BCUT2D eigenvalue weighted by Gasteiger charge is 2.35. The van der Waals surface area contributed by atoms with Gasteiger partial charge in [0.2, 0.25) is 5.88 Å². The molecule has 0 amide bonds. The van der Waals surface area contributed by atoms with E-state index >= 15 is 0 Å². The van der Waals surface area contributed by atoms with Crippen molar-refractivity contribution < 1.29 is 4.74 Å². The minimum absolute atomic E-state index is 0.258.